The molecule has 4 aromatic rings. The fourth-order valence-corrected chi connectivity index (χ4v) is 7.85. The second kappa shape index (κ2) is 10.8. The van der Waals surface area contributed by atoms with Crippen molar-refractivity contribution in [2.75, 3.05) is 6.61 Å². The molecular weight excluding hydrogens is 517 g/mol. The van der Waals surface area contributed by atoms with Crippen LogP contribution in [0.4, 0.5) is 0 Å². The molecule has 1 heterocycles. The van der Waals surface area contributed by atoms with Gasteiger partial charge in [0.1, 0.15) is 0 Å². The Hall–Kier alpha value is -2.16. The Balaban J connectivity index is 1.85. The summed E-state index contributed by atoms with van der Waals surface area (Å²) in [6, 6.07) is 25.1. The Labute approximate surface area is 218 Å². The van der Waals surface area contributed by atoms with Crippen LogP contribution < -0.4 is 4.35 Å². The van der Waals surface area contributed by atoms with Gasteiger partial charge in [0.25, 0.3) is 0 Å². The van der Waals surface area contributed by atoms with E-state index < -0.39 is 26.4 Å². The van der Waals surface area contributed by atoms with Crippen LogP contribution in [-0.2, 0) is 9.95 Å². The molecule has 5 heteroatoms. The minimum atomic E-state index is -1.22. The van der Waals surface area contributed by atoms with Gasteiger partial charge in [0.15, 0.2) is 0 Å². The minimum absolute atomic E-state index is 0.101. The quantitative estimate of drug-likeness (QED) is 0.257. The normalized spacial score (nSPS) is 13.7. The van der Waals surface area contributed by atoms with Crippen molar-refractivity contribution >= 4 is 41.5 Å². The van der Waals surface area contributed by atoms with Gasteiger partial charge in [-0.25, -0.2) is 0 Å². The van der Waals surface area contributed by atoms with Crippen LogP contribution in [0.5, 0.6) is 0 Å². The van der Waals surface area contributed by atoms with Crippen molar-refractivity contribution in [2.24, 2.45) is 0 Å². The maximum absolute atomic E-state index is 10.3. The molecule has 0 amide bonds. The molecule has 0 aliphatic heterocycles. The average Bonchev–Trinajstić information content (AvgIpc) is 2.82. The third-order valence-electron chi connectivity index (χ3n) is 6.01. The van der Waals surface area contributed by atoms with Crippen LogP contribution in [0, 0.1) is 6.92 Å². The molecule has 0 radical (unpaired) electrons. The predicted molar refractivity (Wildman–Crippen MR) is 149 cm³/mol. The number of fused-ring (bicyclic) bond motifs is 1. The van der Waals surface area contributed by atoms with E-state index in [4.69, 9.17) is 21.3 Å². The number of ether oxygens (including phenoxy) is 1. The zero-order valence-corrected chi connectivity index (χ0v) is 23.7. The van der Waals surface area contributed by atoms with Crippen LogP contribution in [0.15, 0.2) is 72.8 Å². The van der Waals surface area contributed by atoms with Gasteiger partial charge in [0, 0.05) is 0 Å². The summed E-state index contributed by atoms with van der Waals surface area (Å²) < 4.78 is 7.78. The number of nitrogens with zero attached hydrogens (tertiary/aromatic N) is 1. The Morgan fingerprint density at radius 1 is 1.00 bits per heavy atom. The van der Waals surface area contributed by atoms with E-state index in [1.54, 1.807) is 0 Å². The fourth-order valence-electron chi connectivity index (χ4n) is 4.53. The second-order valence-corrected chi connectivity index (χ2v) is 15.1. The zero-order chi connectivity index (χ0) is 25.2. The van der Waals surface area contributed by atoms with Gasteiger partial charge in [-0.05, 0) is 0 Å². The number of rotatable bonds is 7. The van der Waals surface area contributed by atoms with Crippen LogP contribution in [-0.4, -0.2) is 37.0 Å². The van der Waals surface area contributed by atoms with Gasteiger partial charge >= 0.3 is 219 Å². The van der Waals surface area contributed by atoms with Crippen molar-refractivity contribution in [3.63, 3.8) is 0 Å². The van der Waals surface area contributed by atoms with E-state index in [9.17, 15) is 5.11 Å². The summed E-state index contributed by atoms with van der Waals surface area (Å²) in [5, 5.41) is 13.1. The van der Waals surface area contributed by atoms with E-state index in [-0.39, 0.29) is 6.61 Å². The monoisotopic (exact) mass is 549 g/mol. The van der Waals surface area contributed by atoms with E-state index in [2.05, 4.69) is 61.2 Å². The van der Waals surface area contributed by atoms with Crippen LogP contribution in [0.25, 0.3) is 22.0 Å². The van der Waals surface area contributed by atoms with Gasteiger partial charge in [0.2, 0.25) is 0 Å². The van der Waals surface area contributed by atoms with Crippen molar-refractivity contribution in [1.82, 2.24) is 4.98 Å². The molecule has 1 aromatic heterocycles. The topological polar surface area (TPSA) is 42.4 Å². The van der Waals surface area contributed by atoms with Gasteiger partial charge in [-0.3, -0.25) is 0 Å². The van der Waals surface area contributed by atoms with Crippen molar-refractivity contribution in [3.8, 4) is 11.1 Å². The van der Waals surface area contributed by atoms with E-state index in [0.29, 0.717) is 5.02 Å². The second-order valence-electron chi connectivity index (χ2n) is 9.95. The van der Waals surface area contributed by atoms with Crippen molar-refractivity contribution in [1.29, 1.82) is 0 Å². The molecule has 0 spiro atoms. The number of aliphatic hydroxyl groups excluding tert-OH is 1. The Morgan fingerprint density at radius 2 is 1.69 bits per heavy atom. The number of aromatic nitrogens is 1. The molecule has 0 aliphatic carbocycles. The molecule has 2 atom stereocenters. The summed E-state index contributed by atoms with van der Waals surface area (Å²) in [6.45, 7) is 8.02. The predicted octanol–water partition coefficient (Wildman–Crippen LogP) is 6.83. The maximum atomic E-state index is 10.3. The van der Waals surface area contributed by atoms with Crippen LogP contribution in [0.1, 0.15) is 43.7 Å². The fraction of sp³-hybridized carbons (Fsp3) is 0.300. The molecule has 0 aliphatic rings. The number of benzene rings is 3. The molecule has 2 unspecified atom stereocenters. The molecule has 0 saturated heterocycles. The van der Waals surface area contributed by atoms with E-state index in [1.165, 1.54) is 4.35 Å². The molecule has 3 nitrogen and oxygen atoms in total. The number of aryl methyl sites for hydroxylation is 1. The Bertz CT molecular complexity index is 1300. The van der Waals surface area contributed by atoms with Crippen molar-refractivity contribution in [2.45, 2.75) is 50.3 Å². The standard InChI is InChI=1S/C30H33AsClNO2/c1-20-17-26-25(16-15-24(33-26)18-31(5)22-9-7-6-8-10-22)29(21-11-13-23(32)14-12-21)28(20)27(19-34)35-30(2,3)4/h6-17,27,34H,18-19H2,1-5H3. The third kappa shape index (κ3) is 6.16. The van der Waals surface area contributed by atoms with Gasteiger partial charge < -0.3 is 0 Å². The summed E-state index contributed by atoms with van der Waals surface area (Å²) in [7, 11) is 0. The molecular formula is C30H33AsClNO2. The summed E-state index contributed by atoms with van der Waals surface area (Å²) >= 11 is 4.99. The summed E-state index contributed by atoms with van der Waals surface area (Å²) in [6.07, 6.45) is -0.448. The van der Waals surface area contributed by atoms with E-state index in [1.807, 2.05) is 45.0 Å². The number of pyridine rings is 1. The van der Waals surface area contributed by atoms with Crippen LogP contribution in [0.2, 0.25) is 10.7 Å². The van der Waals surface area contributed by atoms with Gasteiger partial charge in [-0.15, -0.1) is 0 Å². The molecule has 0 saturated carbocycles. The first-order valence-corrected chi connectivity index (χ1v) is 16.4. The molecule has 4 rings (SSSR count). The molecule has 0 fully saturated rings. The van der Waals surface area contributed by atoms with Crippen LogP contribution in [0.3, 0.4) is 0 Å². The van der Waals surface area contributed by atoms with E-state index in [0.717, 1.165) is 44.1 Å². The molecule has 3 aromatic carbocycles. The molecule has 0 bridgehead atoms. The van der Waals surface area contributed by atoms with Gasteiger partial charge in [-0.2, -0.15) is 0 Å². The number of aliphatic hydroxyl groups is 1. The van der Waals surface area contributed by atoms with Crippen LogP contribution >= 0.6 is 11.6 Å². The summed E-state index contributed by atoms with van der Waals surface area (Å²) in [5.74, 6) is 0. The summed E-state index contributed by atoms with van der Waals surface area (Å²) in [5.41, 5.74) is 8.23. The van der Waals surface area contributed by atoms with Crippen molar-refractivity contribution < 1.29 is 9.84 Å². The average molecular weight is 550 g/mol. The first kappa shape index (κ1) is 25.9. The zero-order valence-electron chi connectivity index (χ0n) is 21.0. The molecule has 1 N–H and O–H groups in total. The number of halogens is 1. The molecule has 35 heavy (non-hydrogen) atoms. The van der Waals surface area contributed by atoms with E-state index >= 15 is 0 Å². The SMILES string of the molecule is Cc1cc2nc(C[As](C)c3ccccc3)ccc2c(-c2ccc(Cl)cc2)c1C(CO)OC(C)(C)C. The Kier molecular flexibility index (Phi) is 8.03. The summed E-state index contributed by atoms with van der Waals surface area (Å²) in [4.78, 5) is 5.11. The third-order valence-corrected chi connectivity index (χ3v) is 10.4. The van der Waals surface area contributed by atoms with Crippen molar-refractivity contribution in [3.05, 3.63) is 94.6 Å². The number of hydrogen-bond acceptors (Lipinski definition) is 3. The van der Waals surface area contributed by atoms with Gasteiger partial charge in [-0.1, -0.05) is 0 Å². The first-order valence-electron chi connectivity index (χ1n) is 11.9. The Morgan fingerprint density at radius 3 is 2.31 bits per heavy atom. The molecule has 182 valence electrons. The first-order chi connectivity index (χ1) is 16.7. The van der Waals surface area contributed by atoms with Gasteiger partial charge in [0.05, 0.1) is 0 Å². The number of hydrogen-bond donors (Lipinski definition) is 1.